The molecule has 0 heterocycles. The largest absolute Gasteiger partial charge is 0.489 e. The normalized spacial score (nSPS) is 21.3. The Morgan fingerprint density at radius 2 is 1.65 bits per heavy atom. The lowest BCUT2D eigenvalue weighted by molar-refractivity contribution is 0.0135. The van der Waals surface area contributed by atoms with Crippen molar-refractivity contribution in [3.05, 3.63) is 65.2 Å². The minimum absolute atomic E-state index is 0.446. The summed E-state index contributed by atoms with van der Waals surface area (Å²) in [6.45, 7) is 0.510. The van der Waals surface area contributed by atoms with E-state index in [0.717, 1.165) is 22.4 Å². The van der Waals surface area contributed by atoms with Gasteiger partial charge in [0.2, 0.25) is 0 Å². The van der Waals surface area contributed by atoms with Gasteiger partial charge < -0.3 is 14.9 Å². The number of benzene rings is 2. The van der Waals surface area contributed by atoms with Crippen molar-refractivity contribution in [3.8, 4) is 5.75 Å². The molecular weight excluding hydrogens is 252 g/mol. The summed E-state index contributed by atoms with van der Waals surface area (Å²) >= 11 is 0. The zero-order chi connectivity index (χ0) is 13.9. The van der Waals surface area contributed by atoms with Gasteiger partial charge >= 0.3 is 0 Å². The Morgan fingerprint density at radius 3 is 2.45 bits per heavy atom. The average Bonchev–Trinajstić information content (AvgIpc) is 2.47. The van der Waals surface area contributed by atoms with E-state index < -0.39 is 12.2 Å². The van der Waals surface area contributed by atoms with Gasteiger partial charge in [-0.3, -0.25) is 0 Å². The zero-order valence-corrected chi connectivity index (χ0v) is 11.2. The first-order valence-corrected chi connectivity index (χ1v) is 6.87. The van der Waals surface area contributed by atoms with Crippen LogP contribution in [0.1, 0.15) is 16.7 Å². The molecule has 0 amide bonds. The second-order valence-corrected chi connectivity index (χ2v) is 5.21. The number of fused-ring (bicyclic) bond motifs is 1. The molecule has 20 heavy (non-hydrogen) atoms. The monoisotopic (exact) mass is 270 g/mol. The van der Waals surface area contributed by atoms with E-state index in [-0.39, 0.29) is 0 Å². The van der Waals surface area contributed by atoms with Crippen LogP contribution in [0.25, 0.3) is 0 Å². The van der Waals surface area contributed by atoms with Crippen LogP contribution in [-0.2, 0) is 19.4 Å². The van der Waals surface area contributed by atoms with Gasteiger partial charge in [0.25, 0.3) is 0 Å². The maximum Gasteiger partial charge on any atom is 0.123 e. The SMILES string of the molecule is O[C@@H]1Cc2c(cccc2OCc2ccccc2)C[C@@H]1O. The van der Waals surface area contributed by atoms with Crippen molar-refractivity contribution in [1.82, 2.24) is 0 Å². The molecule has 0 aromatic heterocycles. The summed E-state index contributed by atoms with van der Waals surface area (Å²) in [6, 6.07) is 15.8. The number of ether oxygens (including phenoxy) is 1. The molecule has 0 saturated heterocycles. The van der Waals surface area contributed by atoms with Gasteiger partial charge in [-0.25, -0.2) is 0 Å². The first-order valence-electron chi connectivity index (χ1n) is 6.87. The highest BCUT2D eigenvalue weighted by Gasteiger charge is 2.27. The zero-order valence-electron chi connectivity index (χ0n) is 11.2. The minimum Gasteiger partial charge on any atom is -0.489 e. The first kappa shape index (κ1) is 13.2. The topological polar surface area (TPSA) is 49.7 Å². The lowest BCUT2D eigenvalue weighted by Crippen LogP contribution is -2.34. The summed E-state index contributed by atoms with van der Waals surface area (Å²) in [7, 11) is 0. The molecule has 0 fully saturated rings. The molecule has 3 nitrogen and oxygen atoms in total. The smallest absolute Gasteiger partial charge is 0.123 e. The fraction of sp³-hybridized carbons (Fsp3) is 0.294. The van der Waals surface area contributed by atoms with E-state index in [1.54, 1.807) is 0 Å². The lowest BCUT2D eigenvalue weighted by Gasteiger charge is -2.27. The van der Waals surface area contributed by atoms with Crippen molar-refractivity contribution in [3.63, 3.8) is 0 Å². The molecule has 1 aliphatic carbocycles. The fourth-order valence-electron chi connectivity index (χ4n) is 2.61. The predicted octanol–water partition coefficient (Wildman–Crippen LogP) is 2.09. The highest BCUT2D eigenvalue weighted by molar-refractivity contribution is 5.43. The molecule has 2 N–H and O–H groups in total. The maximum absolute atomic E-state index is 9.83. The summed E-state index contributed by atoms with van der Waals surface area (Å²) in [5, 5.41) is 19.6. The van der Waals surface area contributed by atoms with Crippen molar-refractivity contribution >= 4 is 0 Å². The Kier molecular flexibility index (Phi) is 3.72. The number of rotatable bonds is 3. The lowest BCUT2D eigenvalue weighted by atomic mass is 9.87. The van der Waals surface area contributed by atoms with Crippen LogP contribution < -0.4 is 4.74 Å². The molecule has 2 aromatic carbocycles. The Labute approximate surface area is 118 Å². The van der Waals surface area contributed by atoms with Crippen LogP contribution in [0.15, 0.2) is 48.5 Å². The Bertz CT molecular complexity index is 580. The van der Waals surface area contributed by atoms with Crippen LogP contribution >= 0.6 is 0 Å². The summed E-state index contributed by atoms with van der Waals surface area (Å²) < 4.78 is 5.88. The summed E-state index contributed by atoms with van der Waals surface area (Å²) in [5.74, 6) is 0.803. The predicted molar refractivity (Wildman–Crippen MR) is 76.6 cm³/mol. The van der Waals surface area contributed by atoms with Gasteiger partial charge in [0.05, 0.1) is 12.2 Å². The van der Waals surface area contributed by atoms with E-state index in [1.807, 2.05) is 48.5 Å². The van der Waals surface area contributed by atoms with Crippen LogP contribution in [0.4, 0.5) is 0 Å². The van der Waals surface area contributed by atoms with E-state index in [4.69, 9.17) is 4.74 Å². The number of hydrogen-bond donors (Lipinski definition) is 2. The third-order valence-corrected chi connectivity index (χ3v) is 3.75. The standard InChI is InChI=1S/C17H18O3/c18-15-9-13-7-4-8-17(14(13)10-16(15)19)20-11-12-5-2-1-3-6-12/h1-8,15-16,18-19H,9-11H2/t15-,16+/m0/s1. The van der Waals surface area contributed by atoms with Crippen LogP contribution in [0.5, 0.6) is 5.75 Å². The molecule has 2 atom stereocenters. The van der Waals surface area contributed by atoms with E-state index >= 15 is 0 Å². The van der Waals surface area contributed by atoms with E-state index in [0.29, 0.717) is 19.4 Å². The van der Waals surface area contributed by atoms with Gasteiger partial charge in [-0.05, 0) is 17.2 Å². The molecule has 0 spiro atoms. The van der Waals surface area contributed by atoms with Gasteiger partial charge in [0.15, 0.2) is 0 Å². The second-order valence-electron chi connectivity index (χ2n) is 5.21. The first-order chi connectivity index (χ1) is 9.74. The Balaban J connectivity index is 1.79. The number of aliphatic hydroxyl groups excluding tert-OH is 2. The van der Waals surface area contributed by atoms with E-state index in [2.05, 4.69) is 0 Å². The number of aliphatic hydroxyl groups is 2. The van der Waals surface area contributed by atoms with Crippen LogP contribution in [-0.4, -0.2) is 22.4 Å². The third-order valence-electron chi connectivity index (χ3n) is 3.75. The van der Waals surface area contributed by atoms with Crippen molar-refractivity contribution in [2.45, 2.75) is 31.7 Å². The van der Waals surface area contributed by atoms with Crippen molar-refractivity contribution in [2.75, 3.05) is 0 Å². The van der Waals surface area contributed by atoms with E-state index in [1.165, 1.54) is 0 Å². The summed E-state index contributed by atoms with van der Waals surface area (Å²) in [6.07, 6.45) is -0.448. The van der Waals surface area contributed by atoms with Gasteiger partial charge in [0.1, 0.15) is 12.4 Å². The van der Waals surface area contributed by atoms with Gasteiger partial charge in [-0.15, -0.1) is 0 Å². The molecule has 0 radical (unpaired) electrons. The molecule has 3 heteroatoms. The van der Waals surface area contributed by atoms with Crippen molar-refractivity contribution in [1.29, 1.82) is 0 Å². The molecule has 0 aliphatic heterocycles. The molecule has 2 aromatic rings. The molecule has 0 saturated carbocycles. The quantitative estimate of drug-likeness (QED) is 0.898. The summed E-state index contributed by atoms with van der Waals surface area (Å²) in [4.78, 5) is 0. The van der Waals surface area contributed by atoms with Gasteiger partial charge in [0, 0.05) is 18.4 Å². The molecule has 0 bridgehead atoms. The average molecular weight is 270 g/mol. The van der Waals surface area contributed by atoms with Crippen molar-refractivity contribution in [2.24, 2.45) is 0 Å². The molecule has 1 aliphatic rings. The van der Waals surface area contributed by atoms with Crippen LogP contribution in [0, 0.1) is 0 Å². The second kappa shape index (κ2) is 5.65. The molecule has 3 rings (SSSR count). The fourth-order valence-corrected chi connectivity index (χ4v) is 2.61. The van der Waals surface area contributed by atoms with Gasteiger partial charge in [-0.2, -0.15) is 0 Å². The number of hydrogen-bond acceptors (Lipinski definition) is 3. The molecule has 0 unspecified atom stereocenters. The Morgan fingerprint density at radius 1 is 0.900 bits per heavy atom. The van der Waals surface area contributed by atoms with Crippen LogP contribution in [0.3, 0.4) is 0 Å². The van der Waals surface area contributed by atoms with Crippen molar-refractivity contribution < 1.29 is 14.9 Å². The molecule has 104 valence electrons. The van der Waals surface area contributed by atoms with E-state index in [9.17, 15) is 10.2 Å². The molecular formula is C17H18O3. The minimum atomic E-state index is -0.705. The highest BCUT2D eigenvalue weighted by atomic mass is 16.5. The summed E-state index contributed by atoms with van der Waals surface area (Å²) in [5.41, 5.74) is 3.19. The Hall–Kier alpha value is -1.84. The third kappa shape index (κ3) is 2.69. The van der Waals surface area contributed by atoms with Gasteiger partial charge in [-0.1, -0.05) is 42.5 Å². The maximum atomic E-state index is 9.83. The van der Waals surface area contributed by atoms with Crippen LogP contribution in [0.2, 0.25) is 0 Å². The highest BCUT2D eigenvalue weighted by Crippen LogP contribution is 2.30.